The number of unbranched alkanes of at least 4 members (excludes halogenated alkanes) is 3. The number of hydrogen-bond donors (Lipinski definition) is 1. The van der Waals surface area contributed by atoms with Crippen molar-refractivity contribution in [3.8, 4) is 0 Å². The van der Waals surface area contributed by atoms with E-state index in [1.54, 1.807) is 6.08 Å². The number of hydrogen-bond acceptors (Lipinski definition) is 3. The van der Waals surface area contributed by atoms with Gasteiger partial charge in [-0.05, 0) is 44.1 Å². The van der Waals surface area contributed by atoms with Crippen molar-refractivity contribution in [2.75, 3.05) is 0 Å². The molecule has 0 unspecified atom stereocenters. The third-order valence-electron chi connectivity index (χ3n) is 4.52. The van der Waals surface area contributed by atoms with E-state index in [1.807, 2.05) is 18.2 Å². The zero-order valence-electron chi connectivity index (χ0n) is 14.7. The third kappa shape index (κ3) is 8.23. The average molecular weight is 334 g/mol. The van der Waals surface area contributed by atoms with Gasteiger partial charge in [0.2, 0.25) is 0 Å². The van der Waals surface area contributed by atoms with Gasteiger partial charge in [0, 0.05) is 25.2 Å². The molecule has 134 valence electrons. The fraction of sp³-hybridized carbons (Fsp3) is 0.650. The highest BCUT2D eigenvalue weighted by Crippen LogP contribution is 2.30. The predicted molar refractivity (Wildman–Crippen MR) is 94.8 cm³/mol. The summed E-state index contributed by atoms with van der Waals surface area (Å²) in [5.41, 5.74) is 0. The number of carboxylic acid groups (broad SMARTS) is 1. The maximum Gasteiger partial charge on any atom is 0.303 e. The molecular formula is C20H30O4. The van der Waals surface area contributed by atoms with Crippen LogP contribution in [0.3, 0.4) is 0 Å². The maximum atomic E-state index is 12.0. The largest absolute Gasteiger partial charge is 0.481 e. The predicted octanol–water partition coefficient (Wildman–Crippen LogP) is 4.49. The van der Waals surface area contributed by atoms with Crippen molar-refractivity contribution in [1.29, 1.82) is 0 Å². The van der Waals surface area contributed by atoms with Gasteiger partial charge in [0.25, 0.3) is 0 Å². The fourth-order valence-corrected chi connectivity index (χ4v) is 3.04. The number of carboxylic acids is 1. The van der Waals surface area contributed by atoms with Gasteiger partial charge in [-0.15, -0.1) is 0 Å². The Labute approximate surface area is 145 Å². The topological polar surface area (TPSA) is 71.4 Å². The van der Waals surface area contributed by atoms with Crippen molar-refractivity contribution in [3.05, 3.63) is 24.3 Å². The van der Waals surface area contributed by atoms with Crippen LogP contribution in [0, 0.1) is 11.8 Å². The standard InChI is InChI=1S/C20H30O4/c1-2-3-6-10-17(21)13-14-18-16(12-15-19(18)22)9-7-4-5-8-11-20(23)24/h4,7,12,15-16,18H,2-3,5-6,8-11,13-14H2,1H3,(H,23,24)/b7-4-/t16-,18+/m1/s1. The molecule has 0 aliphatic heterocycles. The fourth-order valence-electron chi connectivity index (χ4n) is 3.04. The van der Waals surface area contributed by atoms with Gasteiger partial charge in [-0.1, -0.05) is 38.0 Å². The summed E-state index contributed by atoms with van der Waals surface area (Å²) >= 11 is 0. The van der Waals surface area contributed by atoms with Gasteiger partial charge in [-0.3, -0.25) is 14.4 Å². The summed E-state index contributed by atoms with van der Waals surface area (Å²) in [5, 5.41) is 8.58. The Hall–Kier alpha value is -1.71. The zero-order valence-corrected chi connectivity index (χ0v) is 14.7. The molecule has 0 saturated carbocycles. The molecule has 0 fully saturated rings. The highest BCUT2D eigenvalue weighted by molar-refractivity contribution is 5.95. The van der Waals surface area contributed by atoms with Gasteiger partial charge in [-0.2, -0.15) is 0 Å². The molecule has 0 aromatic carbocycles. The Kier molecular flexibility index (Phi) is 9.97. The Morgan fingerprint density at radius 3 is 2.62 bits per heavy atom. The van der Waals surface area contributed by atoms with Gasteiger partial charge < -0.3 is 5.11 Å². The van der Waals surface area contributed by atoms with E-state index in [9.17, 15) is 14.4 Å². The van der Waals surface area contributed by atoms with E-state index in [0.29, 0.717) is 25.7 Å². The number of carbonyl (C=O) groups excluding carboxylic acids is 2. The second-order valence-electron chi connectivity index (χ2n) is 6.56. The molecule has 0 radical (unpaired) electrons. The average Bonchev–Trinajstić information content (AvgIpc) is 2.89. The molecule has 1 N–H and O–H groups in total. The van der Waals surface area contributed by atoms with E-state index in [2.05, 4.69) is 6.92 Å². The van der Waals surface area contributed by atoms with Gasteiger partial charge in [0.15, 0.2) is 5.78 Å². The van der Waals surface area contributed by atoms with Gasteiger partial charge in [0.1, 0.15) is 5.78 Å². The molecule has 2 atom stereocenters. The Morgan fingerprint density at radius 1 is 1.12 bits per heavy atom. The first-order valence-electron chi connectivity index (χ1n) is 9.15. The van der Waals surface area contributed by atoms with Gasteiger partial charge in [0.05, 0.1) is 0 Å². The number of allylic oxidation sites excluding steroid dienone is 4. The Bertz CT molecular complexity index is 476. The lowest BCUT2D eigenvalue weighted by Crippen LogP contribution is -2.17. The molecule has 4 heteroatoms. The normalized spacial score (nSPS) is 20.1. The van der Waals surface area contributed by atoms with Crippen molar-refractivity contribution < 1.29 is 19.5 Å². The number of ketones is 2. The number of Topliss-reactive ketones (excluding diaryl/α,β-unsaturated/α-hetero) is 1. The summed E-state index contributed by atoms with van der Waals surface area (Å²) in [6, 6.07) is 0. The van der Waals surface area contributed by atoms with E-state index in [1.165, 1.54) is 0 Å². The van der Waals surface area contributed by atoms with Crippen LogP contribution in [-0.4, -0.2) is 22.6 Å². The Balaban J connectivity index is 2.29. The van der Waals surface area contributed by atoms with Crippen molar-refractivity contribution >= 4 is 17.5 Å². The summed E-state index contributed by atoms with van der Waals surface area (Å²) in [6.07, 6.45) is 14.9. The molecule has 0 bridgehead atoms. The first-order chi connectivity index (χ1) is 11.5. The maximum absolute atomic E-state index is 12.0. The molecule has 1 aliphatic carbocycles. The smallest absolute Gasteiger partial charge is 0.303 e. The molecule has 0 heterocycles. The van der Waals surface area contributed by atoms with Crippen LogP contribution in [0.1, 0.15) is 71.1 Å². The second kappa shape index (κ2) is 11.8. The van der Waals surface area contributed by atoms with Crippen LogP contribution in [-0.2, 0) is 14.4 Å². The molecule has 0 spiro atoms. The molecular weight excluding hydrogens is 304 g/mol. The SMILES string of the molecule is CCCCCC(=O)CC[C@@H]1C(=O)C=C[C@H]1C/C=C\CCCC(=O)O. The first-order valence-corrected chi connectivity index (χ1v) is 9.15. The molecule has 1 aliphatic rings. The van der Waals surface area contributed by atoms with Crippen LogP contribution < -0.4 is 0 Å². The van der Waals surface area contributed by atoms with E-state index < -0.39 is 5.97 Å². The Morgan fingerprint density at radius 2 is 1.92 bits per heavy atom. The lowest BCUT2D eigenvalue weighted by Gasteiger charge is -2.16. The molecule has 0 aromatic heterocycles. The number of carbonyl (C=O) groups is 3. The summed E-state index contributed by atoms with van der Waals surface area (Å²) in [5.74, 6) is -0.247. The van der Waals surface area contributed by atoms with Crippen molar-refractivity contribution in [2.24, 2.45) is 11.8 Å². The third-order valence-corrected chi connectivity index (χ3v) is 4.52. The molecule has 24 heavy (non-hydrogen) atoms. The summed E-state index contributed by atoms with van der Waals surface area (Å²) in [4.78, 5) is 34.3. The molecule has 0 aromatic rings. The van der Waals surface area contributed by atoms with E-state index in [4.69, 9.17) is 5.11 Å². The van der Waals surface area contributed by atoms with E-state index >= 15 is 0 Å². The van der Waals surface area contributed by atoms with Crippen LogP contribution in [0.2, 0.25) is 0 Å². The zero-order chi connectivity index (χ0) is 17.8. The second-order valence-corrected chi connectivity index (χ2v) is 6.56. The lowest BCUT2D eigenvalue weighted by atomic mass is 9.87. The van der Waals surface area contributed by atoms with Crippen LogP contribution in [0.5, 0.6) is 0 Å². The van der Waals surface area contributed by atoms with Crippen molar-refractivity contribution in [2.45, 2.75) is 71.1 Å². The molecule has 1 rings (SSSR count). The quantitative estimate of drug-likeness (QED) is 0.398. The van der Waals surface area contributed by atoms with E-state index in [0.717, 1.165) is 32.1 Å². The van der Waals surface area contributed by atoms with Crippen LogP contribution >= 0.6 is 0 Å². The number of aliphatic carboxylic acids is 1. The van der Waals surface area contributed by atoms with Crippen LogP contribution in [0.4, 0.5) is 0 Å². The first kappa shape index (κ1) is 20.3. The minimum atomic E-state index is -0.767. The summed E-state index contributed by atoms with van der Waals surface area (Å²) in [6.45, 7) is 2.12. The minimum absolute atomic E-state index is 0.0659. The highest BCUT2D eigenvalue weighted by Gasteiger charge is 2.29. The lowest BCUT2D eigenvalue weighted by molar-refractivity contribution is -0.137. The van der Waals surface area contributed by atoms with E-state index in [-0.39, 0.29) is 29.8 Å². The van der Waals surface area contributed by atoms with Crippen molar-refractivity contribution in [3.63, 3.8) is 0 Å². The summed E-state index contributed by atoms with van der Waals surface area (Å²) < 4.78 is 0. The monoisotopic (exact) mass is 334 g/mol. The van der Waals surface area contributed by atoms with Crippen molar-refractivity contribution in [1.82, 2.24) is 0 Å². The molecule has 0 saturated heterocycles. The van der Waals surface area contributed by atoms with Crippen LogP contribution in [0.25, 0.3) is 0 Å². The minimum Gasteiger partial charge on any atom is -0.481 e. The van der Waals surface area contributed by atoms with Crippen LogP contribution in [0.15, 0.2) is 24.3 Å². The highest BCUT2D eigenvalue weighted by atomic mass is 16.4. The summed E-state index contributed by atoms with van der Waals surface area (Å²) in [7, 11) is 0. The number of rotatable bonds is 13. The molecule has 4 nitrogen and oxygen atoms in total. The molecule has 0 amide bonds. The van der Waals surface area contributed by atoms with Gasteiger partial charge in [-0.25, -0.2) is 0 Å². The van der Waals surface area contributed by atoms with Gasteiger partial charge >= 0.3 is 5.97 Å².